The van der Waals surface area contributed by atoms with Gasteiger partial charge in [0.2, 0.25) is 0 Å². The second kappa shape index (κ2) is 7.77. The Morgan fingerprint density at radius 1 is 1.26 bits per heavy atom. The second-order valence-corrected chi connectivity index (χ2v) is 6.95. The number of benzene rings is 2. The Labute approximate surface area is 154 Å². The van der Waals surface area contributed by atoms with Crippen LogP contribution in [0.2, 0.25) is 0 Å². The fourth-order valence-corrected chi connectivity index (χ4v) is 2.49. The lowest BCUT2D eigenvalue weighted by atomic mass is 10.0. The van der Waals surface area contributed by atoms with Crippen LogP contribution < -0.4 is 5.32 Å². The summed E-state index contributed by atoms with van der Waals surface area (Å²) in [5, 5.41) is 13.0. The first-order chi connectivity index (χ1) is 10.9. The van der Waals surface area contributed by atoms with E-state index in [9.17, 15) is 9.90 Å². The summed E-state index contributed by atoms with van der Waals surface area (Å²) in [6, 6.07) is 12.4. The summed E-state index contributed by atoms with van der Waals surface area (Å²) >= 11 is 12.3. The second-order valence-electron chi connectivity index (χ2n) is 4.88. The number of thiol groups is 1. The van der Waals surface area contributed by atoms with Crippen molar-refractivity contribution in [3.8, 4) is 0 Å². The predicted octanol–water partition coefficient (Wildman–Crippen LogP) is 5.17. The van der Waals surface area contributed by atoms with Crippen LogP contribution in [0.3, 0.4) is 0 Å². The number of hydrogen-bond donors (Lipinski definition) is 3. The molecule has 2 N–H and O–H groups in total. The third-order valence-electron chi connectivity index (χ3n) is 3.09. The molecule has 0 radical (unpaired) electrons. The maximum Gasteiger partial charge on any atom is 0.191 e. The number of aryl methyl sites for hydroxylation is 1. The van der Waals surface area contributed by atoms with Gasteiger partial charge in [0.15, 0.2) is 5.78 Å². The van der Waals surface area contributed by atoms with Crippen molar-refractivity contribution in [1.82, 2.24) is 0 Å². The van der Waals surface area contributed by atoms with E-state index < -0.39 is 0 Å². The Hall–Kier alpha value is -1.63. The maximum atomic E-state index is 12.5. The molecule has 2 rings (SSSR count). The highest BCUT2D eigenvalue weighted by molar-refractivity contribution is 9.10. The number of aliphatic hydroxyl groups is 1. The van der Waals surface area contributed by atoms with Crippen molar-refractivity contribution < 1.29 is 9.90 Å². The smallest absolute Gasteiger partial charge is 0.191 e. The lowest BCUT2D eigenvalue weighted by Crippen LogP contribution is -2.08. The molecular formula is C17H14BrNO2S2. The largest absolute Gasteiger partial charge is 0.507 e. The van der Waals surface area contributed by atoms with E-state index in [1.807, 2.05) is 13.0 Å². The minimum Gasteiger partial charge on any atom is -0.507 e. The van der Waals surface area contributed by atoms with Crippen LogP contribution in [0.15, 0.2) is 53.0 Å². The SMILES string of the molecule is Cc1ccc(NC(=S)S)c(C(=O)C=C(O)c2ccc(Br)cc2)c1. The topological polar surface area (TPSA) is 49.3 Å². The third-order valence-corrected chi connectivity index (χ3v) is 3.83. The highest BCUT2D eigenvalue weighted by atomic mass is 79.9. The van der Waals surface area contributed by atoms with E-state index in [1.54, 1.807) is 36.4 Å². The number of thiocarbonyl (C=S) groups is 1. The Kier molecular flexibility index (Phi) is 5.98. The first-order valence-corrected chi connectivity index (χ1v) is 8.33. The van der Waals surface area contributed by atoms with Gasteiger partial charge in [0, 0.05) is 21.7 Å². The van der Waals surface area contributed by atoms with Gasteiger partial charge in [-0.3, -0.25) is 4.79 Å². The Morgan fingerprint density at radius 2 is 1.91 bits per heavy atom. The molecule has 2 aromatic rings. The summed E-state index contributed by atoms with van der Waals surface area (Å²) in [6.45, 7) is 1.89. The van der Waals surface area contributed by atoms with Gasteiger partial charge in [-0.1, -0.05) is 51.9 Å². The van der Waals surface area contributed by atoms with Crippen molar-refractivity contribution in [1.29, 1.82) is 0 Å². The van der Waals surface area contributed by atoms with Crippen LogP contribution in [0.5, 0.6) is 0 Å². The molecule has 0 saturated heterocycles. The minimum absolute atomic E-state index is 0.0941. The Balaban J connectivity index is 2.36. The number of carbonyl (C=O) groups excluding carboxylic acids is 1. The van der Waals surface area contributed by atoms with Crippen LogP contribution in [-0.4, -0.2) is 15.2 Å². The standard InChI is InChI=1S/C17H14BrNO2S2/c1-10-2-7-14(19-17(22)23)13(8-10)16(21)9-15(20)11-3-5-12(18)6-4-11/h2-9,20H,1H3,(H2,19,22,23). The fraction of sp³-hybridized carbons (Fsp3) is 0.0588. The van der Waals surface area contributed by atoms with Gasteiger partial charge < -0.3 is 10.4 Å². The molecule has 6 heteroatoms. The van der Waals surface area contributed by atoms with Gasteiger partial charge in [-0.05, 0) is 31.2 Å². The molecule has 0 amide bonds. The fourth-order valence-electron chi connectivity index (χ4n) is 1.99. The normalized spacial score (nSPS) is 11.2. The monoisotopic (exact) mass is 407 g/mol. The van der Waals surface area contributed by atoms with Crippen LogP contribution in [0.25, 0.3) is 5.76 Å². The highest BCUT2D eigenvalue weighted by Crippen LogP contribution is 2.22. The highest BCUT2D eigenvalue weighted by Gasteiger charge is 2.12. The van der Waals surface area contributed by atoms with Gasteiger partial charge in [0.25, 0.3) is 0 Å². The van der Waals surface area contributed by atoms with Crippen molar-refractivity contribution in [2.75, 3.05) is 5.32 Å². The molecule has 0 aliphatic heterocycles. The molecule has 2 aromatic carbocycles. The van der Waals surface area contributed by atoms with Gasteiger partial charge >= 0.3 is 0 Å². The molecule has 0 bridgehead atoms. The predicted molar refractivity (Wildman–Crippen MR) is 105 cm³/mol. The molecule has 118 valence electrons. The summed E-state index contributed by atoms with van der Waals surface area (Å²) < 4.78 is 1.16. The molecule has 3 nitrogen and oxygen atoms in total. The number of carbonyl (C=O) groups is 1. The number of anilines is 1. The lowest BCUT2D eigenvalue weighted by Gasteiger charge is -2.10. The number of aliphatic hydroxyl groups excluding tert-OH is 1. The Bertz CT molecular complexity index is 786. The molecule has 0 fully saturated rings. The molecule has 0 aromatic heterocycles. The zero-order valence-electron chi connectivity index (χ0n) is 12.2. The van der Waals surface area contributed by atoms with E-state index >= 15 is 0 Å². The van der Waals surface area contributed by atoms with E-state index in [0.29, 0.717) is 16.8 Å². The average Bonchev–Trinajstić information content (AvgIpc) is 2.49. The first-order valence-electron chi connectivity index (χ1n) is 6.68. The summed E-state index contributed by atoms with van der Waals surface area (Å²) in [6.07, 6.45) is 1.20. The quantitative estimate of drug-likeness (QED) is 0.215. The first kappa shape index (κ1) is 17.7. The van der Waals surface area contributed by atoms with Crippen LogP contribution in [0, 0.1) is 6.92 Å². The van der Waals surface area contributed by atoms with Crippen LogP contribution in [0.1, 0.15) is 21.5 Å². The summed E-state index contributed by atoms with van der Waals surface area (Å²) in [5.41, 5.74) is 2.47. The van der Waals surface area contributed by atoms with Crippen molar-refractivity contribution in [3.63, 3.8) is 0 Å². The van der Waals surface area contributed by atoms with Gasteiger partial charge in [-0.2, -0.15) is 0 Å². The van der Waals surface area contributed by atoms with E-state index in [2.05, 4.69) is 33.9 Å². The van der Waals surface area contributed by atoms with E-state index in [-0.39, 0.29) is 15.9 Å². The molecule has 0 aliphatic carbocycles. The van der Waals surface area contributed by atoms with Gasteiger partial charge in [-0.25, -0.2) is 0 Å². The molecule has 0 unspecified atom stereocenters. The summed E-state index contributed by atoms with van der Waals surface area (Å²) in [5.74, 6) is -0.412. The molecule has 0 spiro atoms. The van der Waals surface area contributed by atoms with E-state index in [4.69, 9.17) is 12.2 Å². The number of nitrogens with one attached hydrogen (secondary N) is 1. The molecular weight excluding hydrogens is 394 g/mol. The molecule has 0 heterocycles. The van der Waals surface area contributed by atoms with Crippen molar-refractivity contribution in [2.24, 2.45) is 0 Å². The molecule has 0 aliphatic rings. The lowest BCUT2D eigenvalue weighted by molar-refractivity contribution is 0.104. The number of halogens is 1. The van der Waals surface area contributed by atoms with Gasteiger partial charge in [0.05, 0.1) is 5.69 Å². The molecule has 0 saturated carbocycles. The van der Waals surface area contributed by atoms with Crippen LogP contribution >= 0.6 is 40.8 Å². The van der Waals surface area contributed by atoms with Gasteiger partial charge in [-0.15, -0.1) is 12.6 Å². The zero-order chi connectivity index (χ0) is 17.0. The van der Waals surface area contributed by atoms with Crippen molar-refractivity contribution >= 4 is 62.3 Å². The number of hydrogen-bond acceptors (Lipinski definition) is 3. The average molecular weight is 408 g/mol. The summed E-state index contributed by atoms with van der Waals surface area (Å²) in [7, 11) is 0. The van der Waals surface area contributed by atoms with Crippen LogP contribution in [-0.2, 0) is 0 Å². The summed E-state index contributed by atoms with van der Waals surface area (Å²) in [4.78, 5) is 12.5. The van der Waals surface area contributed by atoms with E-state index in [1.165, 1.54) is 6.08 Å². The third kappa shape index (κ3) is 4.92. The van der Waals surface area contributed by atoms with Gasteiger partial charge in [0.1, 0.15) is 10.1 Å². The zero-order valence-corrected chi connectivity index (χ0v) is 15.5. The Morgan fingerprint density at radius 3 is 2.52 bits per heavy atom. The van der Waals surface area contributed by atoms with Crippen molar-refractivity contribution in [2.45, 2.75) is 6.92 Å². The maximum absolute atomic E-state index is 12.5. The van der Waals surface area contributed by atoms with E-state index in [0.717, 1.165) is 10.0 Å². The minimum atomic E-state index is -0.318. The number of allylic oxidation sites excluding steroid dienone is 1. The van der Waals surface area contributed by atoms with Crippen LogP contribution in [0.4, 0.5) is 5.69 Å². The molecule has 0 atom stereocenters. The number of rotatable bonds is 4. The molecule has 23 heavy (non-hydrogen) atoms. The number of ketones is 1. The van der Waals surface area contributed by atoms with Crippen molar-refractivity contribution in [3.05, 3.63) is 69.7 Å².